The quantitative estimate of drug-likeness (QED) is 0.875. The lowest BCUT2D eigenvalue weighted by molar-refractivity contribution is -0.0787. The van der Waals surface area contributed by atoms with E-state index in [9.17, 15) is 5.11 Å². The van der Waals surface area contributed by atoms with Crippen molar-refractivity contribution < 1.29 is 14.6 Å². The van der Waals surface area contributed by atoms with Gasteiger partial charge in [0.05, 0.1) is 12.2 Å². The molecule has 4 nitrogen and oxygen atoms in total. The van der Waals surface area contributed by atoms with Gasteiger partial charge in [0, 0.05) is 19.6 Å². The Morgan fingerprint density at radius 3 is 2.52 bits per heavy atom. The van der Waals surface area contributed by atoms with Crippen LogP contribution in [0.5, 0.6) is 5.75 Å². The monoisotopic (exact) mass is 321 g/mol. The van der Waals surface area contributed by atoms with E-state index in [0.29, 0.717) is 19.1 Å². The molecule has 1 aromatic carbocycles. The average molecular weight is 321 g/mol. The maximum absolute atomic E-state index is 10.3. The maximum Gasteiger partial charge on any atom is 0.122 e. The molecular formula is C19H31NO3. The molecule has 4 heteroatoms. The van der Waals surface area contributed by atoms with Gasteiger partial charge < -0.3 is 14.6 Å². The first-order chi connectivity index (χ1) is 10.8. The van der Waals surface area contributed by atoms with Crippen molar-refractivity contribution in [3.8, 4) is 5.75 Å². The highest BCUT2D eigenvalue weighted by Gasteiger charge is 2.24. The molecule has 0 radical (unpaired) electrons. The van der Waals surface area contributed by atoms with Gasteiger partial charge in [-0.2, -0.15) is 0 Å². The Balaban J connectivity index is 1.88. The molecule has 0 bridgehead atoms. The fourth-order valence-electron chi connectivity index (χ4n) is 3.22. The Bertz CT molecular complexity index is 493. The molecule has 1 N–H and O–H groups in total. The van der Waals surface area contributed by atoms with Crippen molar-refractivity contribution in [3.63, 3.8) is 0 Å². The molecule has 1 fully saturated rings. The molecule has 1 saturated heterocycles. The highest BCUT2D eigenvalue weighted by molar-refractivity contribution is 5.38. The van der Waals surface area contributed by atoms with Crippen molar-refractivity contribution in [1.29, 1.82) is 0 Å². The lowest BCUT2D eigenvalue weighted by Crippen LogP contribution is -2.48. The van der Waals surface area contributed by atoms with Gasteiger partial charge >= 0.3 is 0 Å². The van der Waals surface area contributed by atoms with E-state index < -0.39 is 6.10 Å². The van der Waals surface area contributed by atoms with Crippen LogP contribution < -0.4 is 4.74 Å². The normalized spacial score (nSPS) is 24.0. The van der Waals surface area contributed by atoms with Crippen molar-refractivity contribution in [2.45, 2.75) is 58.8 Å². The lowest BCUT2D eigenvalue weighted by atomic mass is 10.00. The van der Waals surface area contributed by atoms with Gasteiger partial charge in [-0.15, -0.1) is 0 Å². The van der Waals surface area contributed by atoms with E-state index in [4.69, 9.17) is 9.47 Å². The zero-order valence-electron chi connectivity index (χ0n) is 15.1. The topological polar surface area (TPSA) is 41.9 Å². The van der Waals surface area contributed by atoms with Gasteiger partial charge in [0.15, 0.2) is 0 Å². The fourth-order valence-corrected chi connectivity index (χ4v) is 3.22. The van der Waals surface area contributed by atoms with Gasteiger partial charge in [-0.1, -0.05) is 31.5 Å². The molecule has 0 amide bonds. The Labute approximate surface area is 140 Å². The van der Waals surface area contributed by atoms with Crippen LogP contribution in [0.3, 0.4) is 0 Å². The summed E-state index contributed by atoms with van der Waals surface area (Å²) in [5, 5.41) is 10.3. The smallest absolute Gasteiger partial charge is 0.122 e. The molecule has 1 aliphatic rings. The van der Waals surface area contributed by atoms with Crippen LogP contribution in [0.4, 0.5) is 0 Å². The number of benzene rings is 1. The number of aryl methyl sites for hydroxylation is 1. The number of hydrogen-bond acceptors (Lipinski definition) is 4. The molecule has 1 aromatic rings. The molecule has 2 rings (SSSR count). The van der Waals surface area contributed by atoms with Crippen molar-refractivity contribution in [2.75, 3.05) is 26.2 Å². The molecule has 23 heavy (non-hydrogen) atoms. The van der Waals surface area contributed by atoms with Crippen molar-refractivity contribution in [1.82, 2.24) is 4.90 Å². The summed E-state index contributed by atoms with van der Waals surface area (Å²) in [6.45, 7) is 13.2. The standard InChI is InChI=1S/C19H31NO3/c1-13(2)18-8-14(3)6-7-19(18)22-12-17(21)11-20-9-15(4)23-16(5)10-20/h6-8,13,15-17,21H,9-12H2,1-5H3. The summed E-state index contributed by atoms with van der Waals surface area (Å²) in [6, 6.07) is 6.23. The van der Waals surface area contributed by atoms with E-state index in [1.807, 2.05) is 6.07 Å². The number of hydrogen-bond donors (Lipinski definition) is 1. The number of β-amino-alcohol motifs (C(OH)–C–C–N with tert-alkyl or cyclic N) is 1. The van der Waals surface area contributed by atoms with Crippen molar-refractivity contribution in [2.24, 2.45) is 0 Å². The SMILES string of the molecule is Cc1ccc(OCC(O)CN2CC(C)OC(C)C2)c(C(C)C)c1. The first-order valence-corrected chi connectivity index (χ1v) is 8.64. The number of aliphatic hydroxyl groups is 1. The largest absolute Gasteiger partial charge is 0.491 e. The van der Waals surface area contributed by atoms with Gasteiger partial charge in [0.1, 0.15) is 18.5 Å². The Hall–Kier alpha value is -1.10. The minimum Gasteiger partial charge on any atom is -0.491 e. The summed E-state index contributed by atoms with van der Waals surface area (Å²) in [6.07, 6.45) is -0.0539. The second-order valence-corrected chi connectivity index (χ2v) is 7.14. The highest BCUT2D eigenvalue weighted by Crippen LogP contribution is 2.27. The van der Waals surface area contributed by atoms with Crippen LogP contribution in [0.25, 0.3) is 0 Å². The van der Waals surface area contributed by atoms with Gasteiger partial charge in [0.2, 0.25) is 0 Å². The summed E-state index contributed by atoms with van der Waals surface area (Å²) >= 11 is 0. The second kappa shape index (κ2) is 8.13. The van der Waals surface area contributed by atoms with Crippen LogP contribution in [-0.2, 0) is 4.74 Å². The van der Waals surface area contributed by atoms with Crippen molar-refractivity contribution in [3.05, 3.63) is 29.3 Å². The number of nitrogens with zero attached hydrogens (tertiary/aromatic N) is 1. The van der Waals surface area contributed by atoms with Crippen LogP contribution in [0, 0.1) is 6.92 Å². The van der Waals surface area contributed by atoms with E-state index in [1.165, 1.54) is 11.1 Å². The fraction of sp³-hybridized carbons (Fsp3) is 0.684. The number of rotatable bonds is 6. The van der Waals surface area contributed by atoms with Gasteiger partial charge in [-0.25, -0.2) is 0 Å². The summed E-state index contributed by atoms with van der Waals surface area (Å²) in [7, 11) is 0. The zero-order chi connectivity index (χ0) is 17.0. The average Bonchev–Trinajstić information content (AvgIpc) is 2.44. The summed E-state index contributed by atoms with van der Waals surface area (Å²) in [4.78, 5) is 2.26. The Morgan fingerprint density at radius 2 is 1.91 bits per heavy atom. The molecular weight excluding hydrogens is 290 g/mol. The number of aliphatic hydroxyl groups excluding tert-OH is 1. The predicted octanol–water partition coefficient (Wildman–Crippen LogP) is 2.97. The summed E-state index contributed by atoms with van der Waals surface area (Å²) in [5.74, 6) is 1.29. The van der Waals surface area contributed by atoms with Crippen LogP contribution in [0.1, 0.15) is 44.7 Å². The second-order valence-electron chi connectivity index (χ2n) is 7.14. The van der Waals surface area contributed by atoms with E-state index in [0.717, 1.165) is 18.8 Å². The predicted molar refractivity (Wildman–Crippen MR) is 93.2 cm³/mol. The molecule has 130 valence electrons. The molecule has 0 spiro atoms. The lowest BCUT2D eigenvalue weighted by Gasteiger charge is -2.36. The molecule has 0 aliphatic carbocycles. The molecule has 3 atom stereocenters. The molecule has 1 heterocycles. The maximum atomic E-state index is 10.3. The summed E-state index contributed by atoms with van der Waals surface area (Å²) in [5.41, 5.74) is 2.43. The first kappa shape index (κ1) is 18.2. The minimum absolute atomic E-state index is 0.219. The molecule has 0 saturated carbocycles. The Morgan fingerprint density at radius 1 is 1.26 bits per heavy atom. The van der Waals surface area contributed by atoms with Crippen LogP contribution in [0.2, 0.25) is 0 Å². The zero-order valence-corrected chi connectivity index (χ0v) is 15.1. The van der Waals surface area contributed by atoms with E-state index in [-0.39, 0.29) is 12.2 Å². The van der Waals surface area contributed by atoms with Crippen LogP contribution >= 0.6 is 0 Å². The molecule has 3 unspecified atom stereocenters. The third kappa shape index (κ3) is 5.48. The highest BCUT2D eigenvalue weighted by atomic mass is 16.5. The van der Waals surface area contributed by atoms with Gasteiger partial charge in [-0.3, -0.25) is 4.90 Å². The minimum atomic E-state index is -0.492. The molecule has 0 aromatic heterocycles. The van der Waals surface area contributed by atoms with Gasteiger partial charge in [-0.05, 0) is 38.3 Å². The van der Waals surface area contributed by atoms with Crippen LogP contribution in [-0.4, -0.2) is 54.6 Å². The first-order valence-electron chi connectivity index (χ1n) is 8.64. The van der Waals surface area contributed by atoms with Crippen LogP contribution in [0.15, 0.2) is 18.2 Å². The molecule has 1 aliphatic heterocycles. The Kier molecular flexibility index (Phi) is 6.45. The van der Waals surface area contributed by atoms with Gasteiger partial charge in [0.25, 0.3) is 0 Å². The number of ether oxygens (including phenoxy) is 2. The van der Waals surface area contributed by atoms with Crippen molar-refractivity contribution >= 4 is 0 Å². The van der Waals surface area contributed by atoms with E-state index in [2.05, 4.69) is 51.7 Å². The van der Waals surface area contributed by atoms with E-state index in [1.54, 1.807) is 0 Å². The number of morpholine rings is 1. The third-order valence-electron chi connectivity index (χ3n) is 4.18. The van der Waals surface area contributed by atoms with E-state index >= 15 is 0 Å². The third-order valence-corrected chi connectivity index (χ3v) is 4.18. The summed E-state index contributed by atoms with van der Waals surface area (Å²) < 4.78 is 11.6.